The second-order valence-corrected chi connectivity index (χ2v) is 0.519. The van der Waals surface area contributed by atoms with Crippen LogP contribution in [0.25, 0.3) is 0 Å². The van der Waals surface area contributed by atoms with Gasteiger partial charge in [-0.05, 0) is 0 Å². The maximum absolute atomic E-state index is 9.00. The van der Waals surface area contributed by atoms with Crippen LogP contribution in [0.15, 0.2) is 0 Å². The van der Waals surface area contributed by atoms with E-state index in [1.165, 1.54) is 0 Å². The Hall–Kier alpha value is 0.279. The Morgan fingerprint density at radius 2 is 1.83 bits per heavy atom. The van der Waals surface area contributed by atoms with Crippen molar-refractivity contribution in [2.24, 2.45) is 0 Å². The summed E-state index contributed by atoms with van der Waals surface area (Å²) < 4.78 is 0. The number of aliphatic carboxylic acids is 1. The zero-order chi connectivity index (χ0) is 5.58. The summed E-state index contributed by atoms with van der Waals surface area (Å²) >= 11 is 2.41. The normalized spacial score (nSPS) is 5.17. The van der Waals surface area contributed by atoms with Gasteiger partial charge in [0.2, 0.25) is 0 Å². The van der Waals surface area contributed by atoms with E-state index in [4.69, 9.17) is 9.90 Å². The van der Waals surface area contributed by atoms with Crippen molar-refractivity contribution < 1.29 is 25.0 Å². The molecule has 0 aliphatic heterocycles. The topological polar surface area (TPSA) is 37.3 Å². The van der Waals surface area contributed by atoms with Gasteiger partial charge in [-0.1, -0.05) is 0 Å². The van der Waals surface area contributed by atoms with Gasteiger partial charge in [-0.15, -0.1) is 0 Å². The number of halogens is 1. The fourth-order valence-corrected chi connectivity index (χ4v) is 0. The Balaban J connectivity index is 0. The molecule has 0 aromatic rings. The molecule has 0 heterocycles. The van der Waals surface area contributed by atoms with Gasteiger partial charge >= 0.3 is 25.2 Å². The first-order chi connectivity index (χ1) is 2.73. The molecule has 0 amide bonds. The van der Waals surface area contributed by atoms with Crippen molar-refractivity contribution in [2.45, 2.75) is 6.92 Å². The van der Waals surface area contributed by atoms with Crippen LogP contribution in [0, 0.1) is 0 Å². The van der Waals surface area contributed by atoms with E-state index in [1.54, 1.807) is 0 Å². The van der Waals surface area contributed by atoms with Gasteiger partial charge in [-0.2, -0.15) is 0 Å². The van der Waals surface area contributed by atoms with Crippen LogP contribution in [0.4, 0.5) is 0 Å². The fourth-order valence-electron chi connectivity index (χ4n) is 0. The number of rotatable bonds is 0. The van der Waals surface area contributed by atoms with E-state index >= 15 is 0 Å². The summed E-state index contributed by atoms with van der Waals surface area (Å²) in [6, 6.07) is 0. The van der Waals surface area contributed by atoms with Crippen LogP contribution >= 0.6 is 10.1 Å². The minimum absolute atomic E-state index is 0.833. The van der Waals surface area contributed by atoms with Crippen LogP contribution in [-0.2, 0) is 19.9 Å². The monoisotopic (exact) mass is 150 g/mol. The number of carboxylic acids is 1. The van der Waals surface area contributed by atoms with Gasteiger partial charge in [-0.25, -0.2) is 0 Å². The summed E-state index contributed by atoms with van der Waals surface area (Å²) in [4.78, 5) is 9.00. The average Bonchev–Trinajstić information content (AvgIpc) is 1.41. The van der Waals surface area contributed by atoms with E-state index in [2.05, 4.69) is 25.2 Å². The number of hydrogen-bond donors (Lipinski definition) is 1. The van der Waals surface area contributed by atoms with Crippen molar-refractivity contribution in [3.63, 3.8) is 0 Å². The second kappa shape index (κ2) is 8.99. The van der Waals surface area contributed by atoms with Crippen molar-refractivity contribution in [1.82, 2.24) is 0 Å². The number of carbonyl (C=O) groups is 1. The summed E-state index contributed by atoms with van der Waals surface area (Å²) in [5, 5.41) is 7.42. The van der Waals surface area contributed by atoms with Crippen molar-refractivity contribution in [1.29, 1.82) is 0 Å². The molecule has 1 N–H and O–H groups in total. The molecule has 2 nitrogen and oxygen atoms in total. The molecule has 0 fully saturated rings. The van der Waals surface area contributed by atoms with Gasteiger partial charge in [0, 0.05) is 6.92 Å². The van der Waals surface area contributed by atoms with Gasteiger partial charge in [0.15, 0.2) is 0 Å². The predicted molar refractivity (Wildman–Crippen MR) is 19.2 cm³/mol. The molecule has 0 aliphatic carbocycles. The van der Waals surface area contributed by atoms with E-state index in [1.807, 2.05) is 0 Å². The van der Waals surface area contributed by atoms with Gasteiger partial charge in [0.25, 0.3) is 5.97 Å². The summed E-state index contributed by atoms with van der Waals surface area (Å²) in [5.74, 6) is -0.833. The summed E-state index contributed by atoms with van der Waals surface area (Å²) in [5.41, 5.74) is 0. The molecular weight excluding hydrogens is 146 g/mol. The Bertz CT molecular complexity index is 34.5. The van der Waals surface area contributed by atoms with Crippen LogP contribution in [0.3, 0.4) is 0 Å². The maximum atomic E-state index is 9.00. The third-order valence-corrected chi connectivity index (χ3v) is 0. The van der Waals surface area contributed by atoms with Gasteiger partial charge in [0.05, 0.1) is 0 Å². The van der Waals surface area contributed by atoms with Crippen molar-refractivity contribution in [3.8, 4) is 0 Å². The first kappa shape index (κ1) is 9.56. The molecule has 0 radical (unpaired) electrons. The first-order valence-electron chi connectivity index (χ1n) is 1.07. The number of carboxylic acid groups (broad SMARTS) is 1. The molecule has 0 saturated carbocycles. The Labute approximate surface area is 48.5 Å². The van der Waals surface area contributed by atoms with Crippen LogP contribution in [-0.4, -0.2) is 11.1 Å². The van der Waals surface area contributed by atoms with Crippen LogP contribution < -0.4 is 0 Å². The quantitative estimate of drug-likeness (QED) is 0.518. The number of hydrogen-bond acceptors (Lipinski definition) is 1. The molecule has 6 heavy (non-hydrogen) atoms. The molecule has 0 bridgehead atoms. The zero-order valence-electron chi connectivity index (χ0n) is 3.11. The molecule has 0 atom stereocenters. The van der Waals surface area contributed by atoms with E-state index < -0.39 is 5.97 Å². The van der Waals surface area contributed by atoms with Crippen LogP contribution in [0.1, 0.15) is 6.92 Å². The van der Waals surface area contributed by atoms with E-state index in [9.17, 15) is 0 Å². The van der Waals surface area contributed by atoms with E-state index in [-0.39, 0.29) is 0 Å². The molecule has 4 heteroatoms. The van der Waals surface area contributed by atoms with Crippen molar-refractivity contribution >= 4 is 16.1 Å². The molecule has 0 rings (SSSR count). The molecule has 38 valence electrons. The Kier molecular flexibility index (Phi) is 14.3. The van der Waals surface area contributed by atoms with Gasteiger partial charge in [-0.3, -0.25) is 4.79 Å². The van der Waals surface area contributed by atoms with E-state index in [0.29, 0.717) is 0 Å². The standard InChI is InChI=1S/C2H4O2.ClH.Mn/c1-2(3)4;;/h1H3,(H,3,4);1H;/q;;+1/p-1. The molecule has 0 unspecified atom stereocenters. The third kappa shape index (κ3) is 589. The molecular formula is C2H4ClMnO2. The fraction of sp³-hybridized carbons (Fsp3) is 0.500. The minimum atomic E-state index is -0.833. The molecule has 0 spiro atoms. The average molecular weight is 150 g/mol. The predicted octanol–water partition coefficient (Wildman–Crippen LogP) is 0.778. The Morgan fingerprint density at radius 3 is 1.83 bits per heavy atom. The summed E-state index contributed by atoms with van der Waals surface area (Å²) in [6.07, 6.45) is 0. The zero-order valence-corrected chi connectivity index (χ0v) is 5.05. The molecule has 0 aromatic carbocycles. The third-order valence-electron chi connectivity index (χ3n) is 0. The van der Waals surface area contributed by atoms with Crippen LogP contribution in [0.5, 0.6) is 0 Å². The van der Waals surface area contributed by atoms with Gasteiger partial charge < -0.3 is 5.11 Å². The summed E-state index contributed by atoms with van der Waals surface area (Å²) in [7, 11) is 4.45. The van der Waals surface area contributed by atoms with Crippen molar-refractivity contribution in [2.75, 3.05) is 0 Å². The second-order valence-electron chi connectivity index (χ2n) is 0.519. The molecule has 0 aromatic heterocycles. The molecule has 0 aliphatic rings. The SMILES string of the molecule is CC(=O)O.[Cl][Mn]. The summed E-state index contributed by atoms with van der Waals surface area (Å²) in [6.45, 7) is 1.08. The first-order valence-corrected chi connectivity index (χ1v) is 2.69. The van der Waals surface area contributed by atoms with Gasteiger partial charge in [0.1, 0.15) is 0 Å². The van der Waals surface area contributed by atoms with E-state index in [0.717, 1.165) is 6.92 Å². The van der Waals surface area contributed by atoms with Crippen LogP contribution in [0.2, 0.25) is 0 Å². The molecule has 0 saturated heterocycles. The van der Waals surface area contributed by atoms with Crippen molar-refractivity contribution in [3.05, 3.63) is 0 Å². The Morgan fingerprint density at radius 1 is 1.83 bits per heavy atom.